The van der Waals surface area contributed by atoms with Gasteiger partial charge in [0.05, 0.1) is 4.90 Å². The number of hydrogen-bond acceptors (Lipinski definition) is 3. The Labute approximate surface area is 113 Å². The molecule has 0 amide bonds. The van der Waals surface area contributed by atoms with Crippen molar-refractivity contribution in [2.24, 2.45) is 5.92 Å². The summed E-state index contributed by atoms with van der Waals surface area (Å²) in [5.41, 5.74) is 0.354. The molecule has 4 nitrogen and oxygen atoms in total. The number of hydrogen-bond donors (Lipinski definition) is 2. The third-order valence-electron chi connectivity index (χ3n) is 3.39. The molecular weight excluding hydrogens is 267 g/mol. The molecule has 0 saturated heterocycles. The van der Waals surface area contributed by atoms with E-state index in [2.05, 4.69) is 17.0 Å². The van der Waals surface area contributed by atoms with Crippen molar-refractivity contribution in [3.63, 3.8) is 0 Å². The Kier molecular flexibility index (Phi) is 4.23. The Morgan fingerprint density at radius 2 is 2.05 bits per heavy atom. The normalized spacial score (nSPS) is 23.1. The SMILES string of the molecule is CNCc1cc(S(=O)(=O)NC2CC(C)C2)ccc1F. The highest BCUT2D eigenvalue weighted by atomic mass is 32.2. The van der Waals surface area contributed by atoms with E-state index >= 15 is 0 Å². The van der Waals surface area contributed by atoms with Gasteiger partial charge in [0.1, 0.15) is 5.82 Å². The van der Waals surface area contributed by atoms with Gasteiger partial charge in [0.25, 0.3) is 0 Å². The Morgan fingerprint density at radius 1 is 1.37 bits per heavy atom. The lowest BCUT2D eigenvalue weighted by atomic mass is 9.83. The van der Waals surface area contributed by atoms with Crippen LogP contribution < -0.4 is 10.0 Å². The second kappa shape index (κ2) is 5.56. The van der Waals surface area contributed by atoms with Crippen molar-refractivity contribution < 1.29 is 12.8 Å². The molecule has 0 unspecified atom stereocenters. The summed E-state index contributed by atoms with van der Waals surface area (Å²) in [5, 5.41) is 2.82. The lowest BCUT2D eigenvalue weighted by Gasteiger charge is -2.32. The molecule has 0 bridgehead atoms. The van der Waals surface area contributed by atoms with E-state index in [9.17, 15) is 12.8 Å². The van der Waals surface area contributed by atoms with Crippen LogP contribution in [0.5, 0.6) is 0 Å². The van der Waals surface area contributed by atoms with E-state index < -0.39 is 15.8 Å². The maximum atomic E-state index is 13.5. The minimum Gasteiger partial charge on any atom is -0.316 e. The van der Waals surface area contributed by atoms with Crippen LogP contribution in [0.1, 0.15) is 25.3 Å². The van der Waals surface area contributed by atoms with Crippen LogP contribution in [0.15, 0.2) is 23.1 Å². The lowest BCUT2D eigenvalue weighted by Crippen LogP contribution is -2.43. The monoisotopic (exact) mass is 286 g/mol. The van der Waals surface area contributed by atoms with E-state index in [0.717, 1.165) is 12.8 Å². The van der Waals surface area contributed by atoms with E-state index in [1.54, 1.807) is 7.05 Å². The van der Waals surface area contributed by atoms with Crippen LogP contribution >= 0.6 is 0 Å². The maximum absolute atomic E-state index is 13.5. The molecule has 19 heavy (non-hydrogen) atoms. The third-order valence-corrected chi connectivity index (χ3v) is 4.91. The molecule has 1 aliphatic rings. The Bertz CT molecular complexity index is 554. The quantitative estimate of drug-likeness (QED) is 0.865. The second-order valence-electron chi connectivity index (χ2n) is 5.18. The predicted octanol–water partition coefficient (Wildman–Crippen LogP) is 1.62. The summed E-state index contributed by atoms with van der Waals surface area (Å²) < 4.78 is 40.4. The van der Waals surface area contributed by atoms with E-state index in [-0.39, 0.29) is 10.9 Å². The van der Waals surface area contributed by atoms with Crippen molar-refractivity contribution >= 4 is 10.0 Å². The summed E-state index contributed by atoms with van der Waals surface area (Å²) in [5.74, 6) is 0.173. The van der Waals surface area contributed by atoms with Crippen LogP contribution in [0.3, 0.4) is 0 Å². The van der Waals surface area contributed by atoms with E-state index in [4.69, 9.17) is 0 Å². The highest BCUT2D eigenvalue weighted by Crippen LogP contribution is 2.28. The molecule has 2 rings (SSSR count). The Balaban J connectivity index is 2.17. The van der Waals surface area contributed by atoms with Gasteiger partial charge < -0.3 is 5.32 Å². The molecule has 0 radical (unpaired) electrons. The van der Waals surface area contributed by atoms with Crippen LogP contribution in [0.4, 0.5) is 4.39 Å². The first-order chi connectivity index (χ1) is 8.92. The molecule has 0 spiro atoms. The predicted molar refractivity (Wildman–Crippen MR) is 71.7 cm³/mol. The van der Waals surface area contributed by atoms with Crippen LogP contribution in [-0.2, 0) is 16.6 Å². The average Bonchev–Trinajstić information content (AvgIpc) is 2.30. The van der Waals surface area contributed by atoms with Gasteiger partial charge in [0, 0.05) is 18.2 Å². The first-order valence-electron chi connectivity index (χ1n) is 6.37. The fraction of sp³-hybridized carbons (Fsp3) is 0.538. The van der Waals surface area contributed by atoms with Gasteiger partial charge in [-0.3, -0.25) is 0 Å². The molecule has 0 atom stereocenters. The summed E-state index contributed by atoms with van der Waals surface area (Å²) in [6, 6.07) is 3.90. The molecule has 2 N–H and O–H groups in total. The molecule has 1 aliphatic carbocycles. The number of rotatable bonds is 5. The van der Waals surface area contributed by atoms with Gasteiger partial charge in [-0.15, -0.1) is 0 Å². The number of sulfonamides is 1. The van der Waals surface area contributed by atoms with Gasteiger partial charge in [0.2, 0.25) is 10.0 Å². The molecule has 1 fully saturated rings. The van der Waals surface area contributed by atoms with Crippen LogP contribution in [-0.4, -0.2) is 21.5 Å². The topological polar surface area (TPSA) is 58.2 Å². The zero-order valence-electron chi connectivity index (χ0n) is 11.1. The van der Waals surface area contributed by atoms with Gasteiger partial charge in [-0.05, 0) is 44.0 Å². The molecule has 1 aromatic carbocycles. The van der Waals surface area contributed by atoms with Crippen molar-refractivity contribution in [2.75, 3.05) is 7.05 Å². The minimum atomic E-state index is -3.55. The van der Waals surface area contributed by atoms with Gasteiger partial charge in [-0.1, -0.05) is 6.92 Å². The van der Waals surface area contributed by atoms with Gasteiger partial charge in [0.15, 0.2) is 0 Å². The average molecular weight is 286 g/mol. The second-order valence-corrected chi connectivity index (χ2v) is 6.89. The van der Waals surface area contributed by atoms with E-state index in [1.165, 1.54) is 18.2 Å². The fourth-order valence-electron chi connectivity index (χ4n) is 2.33. The summed E-state index contributed by atoms with van der Waals surface area (Å²) in [7, 11) is -1.86. The minimum absolute atomic E-state index is 0.0119. The van der Waals surface area contributed by atoms with E-state index in [1.807, 2.05) is 0 Å². The zero-order valence-corrected chi connectivity index (χ0v) is 11.9. The maximum Gasteiger partial charge on any atom is 0.240 e. The Hall–Kier alpha value is -0.980. The third kappa shape index (κ3) is 3.32. The molecule has 0 heterocycles. The molecule has 1 aromatic rings. The molecule has 106 valence electrons. The number of benzene rings is 1. The first-order valence-corrected chi connectivity index (χ1v) is 7.86. The highest BCUT2D eigenvalue weighted by Gasteiger charge is 2.30. The molecule has 0 aliphatic heterocycles. The fourth-order valence-corrected chi connectivity index (χ4v) is 3.64. The molecule has 1 saturated carbocycles. The smallest absolute Gasteiger partial charge is 0.240 e. The summed E-state index contributed by atoms with van der Waals surface area (Å²) in [4.78, 5) is 0.124. The summed E-state index contributed by atoms with van der Waals surface area (Å²) >= 11 is 0. The molecule has 0 aromatic heterocycles. The van der Waals surface area contributed by atoms with Crippen molar-refractivity contribution in [3.05, 3.63) is 29.6 Å². The number of nitrogens with one attached hydrogen (secondary N) is 2. The van der Waals surface area contributed by atoms with Gasteiger partial charge >= 0.3 is 0 Å². The van der Waals surface area contributed by atoms with Crippen molar-refractivity contribution in [1.29, 1.82) is 0 Å². The lowest BCUT2D eigenvalue weighted by molar-refractivity contribution is 0.270. The Morgan fingerprint density at radius 3 is 2.63 bits per heavy atom. The molecule has 6 heteroatoms. The van der Waals surface area contributed by atoms with E-state index in [0.29, 0.717) is 18.0 Å². The van der Waals surface area contributed by atoms with Crippen molar-refractivity contribution in [3.8, 4) is 0 Å². The largest absolute Gasteiger partial charge is 0.316 e. The first kappa shape index (κ1) is 14.4. The standard InChI is InChI=1S/C13H19FN2O2S/c1-9-5-11(6-9)16-19(17,18)12-3-4-13(14)10(7-12)8-15-2/h3-4,7,9,11,15-16H,5-6,8H2,1-2H3. The summed E-state index contributed by atoms with van der Waals surface area (Å²) in [6.45, 7) is 2.39. The number of halogens is 1. The van der Waals surface area contributed by atoms with Crippen LogP contribution in [0.25, 0.3) is 0 Å². The highest BCUT2D eigenvalue weighted by molar-refractivity contribution is 7.89. The van der Waals surface area contributed by atoms with Crippen molar-refractivity contribution in [2.45, 2.75) is 37.2 Å². The van der Waals surface area contributed by atoms with Crippen molar-refractivity contribution in [1.82, 2.24) is 10.0 Å². The summed E-state index contributed by atoms with van der Waals surface area (Å²) in [6.07, 6.45) is 1.73. The van der Waals surface area contributed by atoms with Crippen LogP contribution in [0.2, 0.25) is 0 Å². The van der Waals surface area contributed by atoms with Gasteiger partial charge in [-0.25, -0.2) is 17.5 Å². The zero-order chi connectivity index (χ0) is 14.0. The molecular formula is C13H19FN2O2S. The van der Waals surface area contributed by atoms with Gasteiger partial charge in [-0.2, -0.15) is 0 Å². The van der Waals surface area contributed by atoms with Crippen LogP contribution in [0, 0.1) is 11.7 Å².